The van der Waals surface area contributed by atoms with E-state index in [4.69, 9.17) is 17.3 Å². The lowest BCUT2D eigenvalue weighted by molar-refractivity contribution is 0.100. The Balaban J connectivity index is 1.54. The molecule has 182 valence electrons. The second kappa shape index (κ2) is 10.6. The van der Waals surface area contributed by atoms with Crippen molar-refractivity contribution in [1.29, 1.82) is 0 Å². The molecule has 11 heteroatoms. The molecule has 0 aliphatic carbocycles. The molecular weight excluding hydrogens is 473 g/mol. The van der Waals surface area contributed by atoms with Crippen LogP contribution >= 0.6 is 11.6 Å². The van der Waals surface area contributed by atoms with Gasteiger partial charge in [-0.1, -0.05) is 23.7 Å². The van der Waals surface area contributed by atoms with Crippen LogP contribution in [0.5, 0.6) is 0 Å². The largest absolute Gasteiger partial charge is 0.365 e. The zero-order valence-corrected chi connectivity index (χ0v) is 19.8. The van der Waals surface area contributed by atoms with Gasteiger partial charge in [-0.05, 0) is 48.7 Å². The predicted molar refractivity (Wildman–Crippen MR) is 134 cm³/mol. The zero-order valence-electron chi connectivity index (χ0n) is 19.1. The van der Waals surface area contributed by atoms with Crippen LogP contribution in [0.3, 0.4) is 0 Å². The van der Waals surface area contributed by atoms with Gasteiger partial charge in [0.2, 0.25) is 5.95 Å². The summed E-state index contributed by atoms with van der Waals surface area (Å²) in [5.41, 5.74) is 7.35. The van der Waals surface area contributed by atoms with Crippen LogP contribution in [-0.4, -0.2) is 46.9 Å². The number of anilines is 4. The van der Waals surface area contributed by atoms with Crippen molar-refractivity contribution >= 4 is 46.7 Å². The van der Waals surface area contributed by atoms with Gasteiger partial charge in [0.1, 0.15) is 11.6 Å². The number of nitrogens with two attached hydrogens (primary N) is 1. The number of likely N-dealkylation sites (tertiary alicyclic amines) is 1. The fourth-order valence-electron chi connectivity index (χ4n) is 3.79. The number of carbonyl (C=O) groups excluding carboxylic acids is 2. The number of amides is 3. The van der Waals surface area contributed by atoms with Crippen molar-refractivity contribution in [3.63, 3.8) is 0 Å². The van der Waals surface area contributed by atoms with E-state index in [-0.39, 0.29) is 35.7 Å². The van der Waals surface area contributed by atoms with E-state index in [1.54, 1.807) is 42.3 Å². The number of hydrogen-bond acceptors (Lipinski definition) is 6. The summed E-state index contributed by atoms with van der Waals surface area (Å²) < 4.78 is 13.5. The van der Waals surface area contributed by atoms with Gasteiger partial charge in [-0.15, -0.1) is 0 Å². The van der Waals surface area contributed by atoms with Gasteiger partial charge in [0, 0.05) is 38.6 Å². The Labute approximate surface area is 207 Å². The maximum Gasteiger partial charge on any atom is 0.324 e. The SMILES string of the molecule is CN(C(=O)N1CCCC1)c1cc(Nc2ncc(C(N)=O)c(NCc3cccc(F)c3)n2)ccc1Cl. The molecule has 1 aliphatic heterocycles. The first-order valence-corrected chi connectivity index (χ1v) is 11.4. The second-order valence-corrected chi connectivity index (χ2v) is 8.54. The molecule has 3 aromatic rings. The molecule has 3 amide bonds. The third-order valence-corrected chi connectivity index (χ3v) is 5.95. The summed E-state index contributed by atoms with van der Waals surface area (Å²) >= 11 is 6.38. The molecule has 1 fully saturated rings. The van der Waals surface area contributed by atoms with Crippen LogP contribution in [0.4, 0.5) is 32.3 Å². The van der Waals surface area contributed by atoms with Crippen molar-refractivity contribution < 1.29 is 14.0 Å². The van der Waals surface area contributed by atoms with Crippen LogP contribution < -0.4 is 21.3 Å². The minimum absolute atomic E-state index is 0.0969. The molecule has 4 N–H and O–H groups in total. The monoisotopic (exact) mass is 497 g/mol. The maximum atomic E-state index is 13.5. The van der Waals surface area contributed by atoms with Crippen LogP contribution in [0.25, 0.3) is 0 Å². The van der Waals surface area contributed by atoms with Gasteiger partial charge in [-0.25, -0.2) is 14.2 Å². The molecule has 2 heterocycles. The lowest BCUT2D eigenvalue weighted by Gasteiger charge is -2.25. The van der Waals surface area contributed by atoms with Crippen molar-refractivity contribution in [2.24, 2.45) is 5.73 Å². The number of nitrogens with one attached hydrogen (secondary N) is 2. The molecule has 0 radical (unpaired) electrons. The Morgan fingerprint density at radius 3 is 2.69 bits per heavy atom. The average molecular weight is 498 g/mol. The highest BCUT2D eigenvalue weighted by Crippen LogP contribution is 2.31. The fourth-order valence-corrected chi connectivity index (χ4v) is 4.03. The highest BCUT2D eigenvalue weighted by molar-refractivity contribution is 6.34. The van der Waals surface area contributed by atoms with E-state index in [1.165, 1.54) is 23.2 Å². The van der Waals surface area contributed by atoms with Gasteiger partial charge in [0.25, 0.3) is 5.91 Å². The van der Waals surface area contributed by atoms with E-state index >= 15 is 0 Å². The molecule has 0 bridgehead atoms. The van der Waals surface area contributed by atoms with Gasteiger partial charge in [-0.3, -0.25) is 9.69 Å². The minimum Gasteiger partial charge on any atom is -0.365 e. The van der Waals surface area contributed by atoms with Crippen molar-refractivity contribution in [3.05, 3.63) is 70.6 Å². The van der Waals surface area contributed by atoms with E-state index in [0.29, 0.717) is 22.0 Å². The lowest BCUT2D eigenvalue weighted by Crippen LogP contribution is -2.39. The number of carbonyl (C=O) groups is 2. The van der Waals surface area contributed by atoms with E-state index < -0.39 is 5.91 Å². The fraction of sp³-hybridized carbons (Fsp3) is 0.250. The van der Waals surface area contributed by atoms with Gasteiger partial charge >= 0.3 is 6.03 Å². The van der Waals surface area contributed by atoms with Crippen LogP contribution in [0.2, 0.25) is 5.02 Å². The molecule has 35 heavy (non-hydrogen) atoms. The van der Waals surface area contributed by atoms with E-state index in [9.17, 15) is 14.0 Å². The molecular formula is C24H25ClFN7O2. The van der Waals surface area contributed by atoms with Crippen molar-refractivity contribution in [2.75, 3.05) is 35.7 Å². The number of nitrogens with zero attached hydrogens (tertiary/aromatic N) is 4. The quantitative estimate of drug-likeness (QED) is 0.446. The number of rotatable bonds is 7. The molecule has 0 atom stereocenters. The standard InChI is InChI=1S/C24H25ClFN7O2/c1-32(24(35)33-9-2-3-10-33)20-12-17(7-8-19(20)25)30-23-29-14-18(21(27)34)22(31-23)28-13-15-5-4-6-16(26)11-15/h4-8,11-12,14H,2-3,9-10,13H2,1H3,(H2,27,34)(H2,28,29,30,31). The Hall–Kier alpha value is -3.92. The third-order valence-electron chi connectivity index (χ3n) is 5.63. The summed E-state index contributed by atoms with van der Waals surface area (Å²) in [6.45, 7) is 1.68. The summed E-state index contributed by atoms with van der Waals surface area (Å²) in [7, 11) is 1.68. The summed E-state index contributed by atoms with van der Waals surface area (Å²) in [6, 6.07) is 11.1. The molecule has 1 aliphatic rings. The van der Waals surface area contributed by atoms with Crippen LogP contribution in [0, 0.1) is 5.82 Å². The van der Waals surface area contributed by atoms with Crippen LogP contribution in [-0.2, 0) is 6.54 Å². The molecule has 0 spiro atoms. The Bertz CT molecular complexity index is 1250. The first kappa shape index (κ1) is 24.2. The van der Waals surface area contributed by atoms with Gasteiger partial charge in [0.05, 0.1) is 16.3 Å². The summed E-state index contributed by atoms with van der Waals surface area (Å²) in [6.07, 6.45) is 3.29. The second-order valence-electron chi connectivity index (χ2n) is 8.13. The molecule has 2 aromatic carbocycles. The number of hydrogen-bond donors (Lipinski definition) is 3. The molecule has 4 rings (SSSR count). The van der Waals surface area contributed by atoms with E-state index in [0.717, 1.165) is 25.9 Å². The zero-order chi connectivity index (χ0) is 24.9. The number of benzene rings is 2. The Morgan fingerprint density at radius 2 is 1.97 bits per heavy atom. The first-order valence-electron chi connectivity index (χ1n) is 11.1. The smallest absolute Gasteiger partial charge is 0.324 e. The number of halogens is 2. The lowest BCUT2D eigenvalue weighted by atomic mass is 10.2. The van der Waals surface area contributed by atoms with Crippen molar-refractivity contribution in [1.82, 2.24) is 14.9 Å². The highest BCUT2D eigenvalue weighted by Gasteiger charge is 2.23. The maximum absolute atomic E-state index is 13.5. The van der Waals surface area contributed by atoms with Crippen molar-refractivity contribution in [3.8, 4) is 0 Å². The Morgan fingerprint density at radius 1 is 1.20 bits per heavy atom. The molecule has 0 unspecified atom stereocenters. The molecule has 1 saturated heterocycles. The number of urea groups is 1. The molecule has 9 nitrogen and oxygen atoms in total. The number of primary amides is 1. The molecule has 0 saturated carbocycles. The van der Waals surface area contributed by atoms with Gasteiger partial charge in [-0.2, -0.15) is 4.98 Å². The highest BCUT2D eigenvalue weighted by atomic mass is 35.5. The van der Waals surface area contributed by atoms with Crippen LogP contribution in [0.1, 0.15) is 28.8 Å². The van der Waals surface area contributed by atoms with Gasteiger partial charge in [0.15, 0.2) is 0 Å². The first-order chi connectivity index (χ1) is 16.8. The molecule has 1 aromatic heterocycles. The summed E-state index contributed by atoms with van der Waals surface area (Å²) in [5.74, 6) is -0.668. The third kappa shape index (κ3) is 5.78. The minimum atomic E-state index is -0.700. The van der Waals surface area contributed by atoms with E-state index in [1.807, 2.05) is 0 Å². The predicted octanol–water partition coefficient (Wildman–Crippen LogP) is 4.38. The topological polar surface area (TPSA) is 116 Å². The normalized spacial score (nSPS) is 12.9. The summed E-state index contributed by atoms with van der Waals surface area (Å²) in [5, 5.41) is 6.50. The van der Waals surface area contributed by atoms with Gasteiger partial charge < -0.3 is 21.3 Å². The number of aromatic nitrogens is 2. The van der Waals surface area contributed by atoms with Crippen molar-refractivity contribution in [2.45, 2.75) is 19.4 Å². The summed E-state index contributed by atoms with van der Waals surface area (Å²) in [4.78, 5) is 36.5. The van der Waals surface area contributed by atoms with Crippen LogP contribution in [0.15, 0.2) is 48.7 Å². The average Bonchev–Trinajstić information content (AvgIpc) is 3.38. The Kier molecular flexibility index (Phi) is 7.31. The van der Waals surface area contributed by atoms with E-state index in [2.05, 4.69) is 20.6 Å².